The number of hydrogen-bond donors (Lipinski definition) is 0. The molecule has 1 aromatic carbocycles. The van der Waals surface area contributed by atoms with Gasteiger partial charge in [-0.05, 0) is 24.3 Å². The molecule has 4 aromatic heterocycles. The number of hydrogen-bond acceptors (Lipinski definition) is 6. The molecule has 0 aliphatic rings. The van der Waals surface area contributed by atoms with Crippen LogP contribution >= 0.6 is 0 Å². The van der Waals surface area contributed by atoms with Gasteiger partial charge in [0.05, 0.1) is 17.7 Å². The Bertz CT molecular complexity index is 1230. The van der Waals surface area contributed by atoms with Gasteiger partial charge in [0.1, 0.15) is 12.1 Å². The van der Waals surface area contributed by atoms with Crippen molar-refractivity contribution in [1.82, 2.24) is 25.0 Å². The highest BCUT2D eigenvalue weighted by Crippen LogP contribution is 2.29. The van der Waals surface area contributed by atoms with E-state index in [2.05, 4.69) is 26.3 Å². The molecule has 4 heterocycles. The van der Waals surface area contributed by atoms with E-state index in [1.807, 2.05) is 42.6 Å². The average molecular weight is 357 g/mol. The number of pyridine rings is 1. The van der Waals surface area contributed by atoms with Gasteiger partial charge in [-0.3, -0.25) is 9.67 Å². The molecule has 0 radical (unpaired) electrons. The fourth-order valence-corrected chi connectivity index (χ4v) is 3.09. The molecule has 0 bridgehead atoms. The van der Waals surface area contributed by atoms with E-state index in [-0.39, 0.29) is 0 Å². The van der Waals surface area contributed by atoms with Gasteiger partial charge in [-0.25, -0.2) is 0 Å². The summed E-state index contributed by atoms with van der Waals surface area (Å²) in [5.41, 5.74) is 4.61. The summed E-state index contributed by atoms with van der Waals surface area (Å²) in [7, 11) is 0. The Morgan fingerprint density at radius 2 is 1.96 bits per heavy atom. The molecule has 0 saturated heterocycles. The van der Waals surface area contributed by atoms with Crippen molar-refractivity contribution in [3.8, 4) is 22.5 Å². The van der Waals surface area contributed by atoms with Crippen LogP contribution in [0.15, 0.2) is 70.0 Å². The second-order valence-electron chi connectivity index (χ2n) is 6.19. The van der Waals surface area contributed by atoms with Crippen molar-refractivity contribution in [2.75, 3.05) is 0 Å². The van der Waals surface area contributed by atoms with Gasteiger partial charge in [-0.2, -0.15) is 5.10 Å². The van der Waals surface area contributed by atoms with Gasteiger partial charge >= 0.3 is 0 Å². The monoisotopic (exact) mass is 357 g/mol. The van der Waals surface area contributed by atoms with Gasteiger partial charge in [-0.15, -0.1) is 10.2 Å². The Morgan fingerprint density at radius 1 is 1.04 bits per heavy atom. The van der Waals surface area contributed by atoms with Crippen molar-refractivity contribution < 1.29 is 8.83 Å². The van der Waals surface area contributed by atoms with Crippen LogP contribution in [0.25, 0.3) is 33.5 Å². The van der Waals surface area contributed by atoms with Crippen LogP contribution in [0.1, 0.15) is 11.8 Å². The van der Waals surface area contributed by atoms with E-state index < -0.39 is 0 Å². The fraction of sp³-hybridized carbons (Fsp3) is 0.100. The topological polar surface area (TPSA) is 82.8 Å². The van der Waals surface area contributed by atoms with Gasteiger partial charge in [0.2, 0.25) is 11.8 Å². The zero-order valence-electron chi connectivity index (χ0n) is 14.5. The number of aryl methyl sites for hydroxylation is 1. The molecule has 0 amide bonds. The molecule has 0 atom stereocenters. The van der Waals surface area contributed by atoms with Crippen LogP contribution in [0.5, 0.6) is 0 Å². The Kier molecular flexibility index (Phi) is 3.57. The lowest BCUT2D eigenvalue weighted by molar-refractivity contribution is 0.444. The standard InChI is InChI=1S/C20H15N5O2/c1-13-22-23-19(27-13)12-25-9-6-17(24-25)14-3-2-4-15(11-14)20-16-7-10-26-18(16)5-8-21-20/h2-11H,12H2,1H3. The maximum absolute atomic E-state index is 5.48. The number of rotatable bonds is 4. The molecule has 5 rings (SSSR count). The Balaban J connectivity index is 1.48. The van der Waals surface area contributed by atoms with Crippen LogP contribution < -0.4 is 0 Å². The lowest BCUT2D eigenvalue weighted by atomic mass is 10.0. The predicted octanol–water partition coefficient (Wildman–Crippen LogP) is 4.10. The third-order valence-corrected chi connectivity index (χ3v) is 4.32. The zero-order chi connectivity index (χ0) is 18.2. The van der Waals surface area contributed by atoms with E-state index in [1.54, 1.807) is 24.1 Å². The molecule has 5 aromatic rings. The van der Waals surface area contributed by atoms with E-state index in [9.17, 15) is 0 Å². The molecule has 7 heteroatoms. The summed E-state index contributed by atoms with van der Waals surface area (Å²) in [5, 5.41) is 13.5. The molecular formula is C20H15N5O2. The van der Waals surface area contributed by atoms with Crippen LogP contribution in [0.3, 0.4) is 0 Å². The summed E-state index contributed by atoms with van der Waals surface area (Å²) in [4.78, 5) is 4.53. The largest absolute Gasteiger partial charge is 0.464 e. The first-order chi connectivity index (χ1) is 13.3. The highest BCUT2D eigenvalue weighted by molar-refractivity contribution is 5.92. The highest BCUT2D eigenvalue weighted by atomic mass is 16.4. The molecule has 0 fully saturated rings. The first kappa shape index (κ1) is 15.5. The average Bonchev–Trinajstić information content (AvgIpc) is 3.43. The van der Waals surface area contributed by atoms with Gasteiger partial charge in [0.15, 0.2) is 0 Å². The minimum Gasteiger partial charge on any atom is -0.464 e. The van der Waals surface area contributed by atoms with E-state index in [4.69, 9.17) is 8.83 Å². The van der Waals surface area contributed by atoms with E-state index >= 15 is 0 Å². The molecule has 0 N–H and O–H groups in total. The summed E-state index contributed by atoms with van der Waals surface area (Å²) < 4.78 is 12.7. The lowest BCUT2D eigenvalue weighted by Gasteiger charge is -2.04. The minimum atomic E-state index is 0.441. The maximum atomic E-state index is 5.48. The molecule has 132 valence electrons. The number of furan rings is 1. The number of aromatic nitrogens is 5. The third kappa shape index (κ3) is 2.89. The van der Waals surface area contributed by atoms with Crippen LogP contribution in [-0.2, 0) is 6.54 Å². The summed E-state index contributed by atoms with van der Waals surface area (Å²) in [5.74, 6) is 1.08. The highest BCUT2D eigenvalue weighted by Gasteiger charge is 2.10. The molecule has 0 aliphatic carbocycles. The van der Waals surface area contributed by atoms with Crippen molar-refractivity contribution in [1.29, 1.82) is 0 Å². The molecule has 0 spiro atoms. The van der Waals surface area contributed by atoms with Crippen molar-refractivity contribution >= 4 is 11.0 Å². The Labute approximate surface area is 154 Å². The van der Waals surface area contributed by atoms with Crippen molar-refractivity contribution in [2.24, 2.45) is 0 Å². The second-order valence-corrected chi connectivity index (χ2v) is 6.19. The van der Waals surface area contributed by atoms with Gasteiger partial charge in [0, 0.05) is 35.8 Å². The summed E-state index contributed by atoms with van der Waals surface area (Å²) in [6.07, 6.45) is 5.34. The van der Waals surface area contributed by atoms with Crippen molar-refractivity contribution in [2.45, 2.75) is 13.5 Å². The van der Waals surface area contributed by atoms with Crippen molar-refractivity contribution in [3.63, 3.8) is 0 Å². The Hall–Kier alpha value is -3.74. The molecule has 0 unspecified atom stereocenters. The second kappa shape index (κ2) is 6.21. The summed E-state index contributed by atoms with van der Waals surface area (Å²) in [6.45, 7) is 2.21. The first-order valence-corrected chi connectivity index (χ1v) is 8.52. The Morgan fingerprint density at radius 3 is 2.85 bits per heavy atom. The maximum Gasteiger partial charge on any atom is 0.237 e. The number of nitrogens with zero attached hydrogens (tertiary/aromatic N) is 5. The predicted molar refractivity (Wildman–Crippen MR) is 98.8 cm³/mol. The fourth-order valence-electron chi connectivity index (χ4n) is 3.09. The lowest BCUT2D eigenvalue weighted by Crippen LogP contribution is -2.00. The van der Waals surface area contributed by atoms with E-state index in [1.165, 1.54) is 0 Å². The SMILES string of the molecule is Cc1nnc(Cn2ccc(-c3cccc(-c4nccc5occc45)c3)n2)o1. The molecule has 0 aliphatic heterocycles. The van der Waals surface area contributed by atoms with Crippen LogP contribution in [0.2, 0.25) is 0 Å². The van der Waals surface area contributed by atoms with Gasteiger partial charge < -0.3 is 8.83 Å². The molecule has 27 heavy (non-hydrogen) atoms. The number of fused-ring (bicyclic) bond motifs is 1. The van der Waals surface area contributed by atoms with E-state index in [0.717, 1.165) is 33.5 Å². The van der Waals surface area contributed by atoms with E-state index in [0.29, 0.717) is 18.3 Å². The van der Waals surface area contributed by atoms with Gasteiger partial charge in [0.25, 0.3) is 0 Å². The molecule has 0 saturated carbocycles. The summed E-state index contributed by atoms with van der Waals surface area (Å²) >= 11 is 0. The van der Waals surface area contributed by atoms with Crippen LogP contribution in [0.4, 0.5) is 0 Å². The van der Waals surface area contributed by atoms with Crippen LogP contribution in [0, 0.1) is 6.92 Å². The quantitative estimate of drug-likeness (QED) is 0.482. The smallest absolute Gasteiger partial charge is 0.237 e. The first-order valence-electron chi connectivity index (χ1n) is 8.52. The number of benzene rings is 1. The molecular weight excluding hydrogens is 342 g/mol. The van der Waals surface area contributed by atoms with Gasteiger partial charge in [-0.1, -0.05) is 18.2 Å². The normalized spacial score (nSPS) is 11.3. The van der Waals surface area contributed by atoms with Crippen LogP contribution in [-0.4, -0.2) is 25.0 Å². The van der Waals surface area contributed by atoms with Crippen molar-refractivity contribution in [3.05, 3.63) is 72.9 Å². The minimum absolute atomic E-state index is 0.441. The zero-order valence-corrected chi connectivity index (χ0v) is 14.5. The summed E-state index contributed by atoms with van der Waals surface area (Å²) in [6, 6.07) is 13.9. The third-order valence-electron chi connectivity index (χ3n) is 4.32. The molecule has 7 nitrogen and oxygen atoms in total.